The molecular formula is C67H113NO10. The molecule has 78 heavy (non-hydrogen) atoms. The predicted molar refractivity (Wildman–Crippen MR) is 324 cm³/mol. The molecule has 0 radical (unpaired) electrons. The molecule has 1 rings (SSSR count). The molecule has 11 nitrogen and oxygen atoms in total. The Hall–Kier alpha value is -3.68. The molecule has 0 saturated carbocycles. The predicted octanol–water partition coefficient (Wildman–Crippen LogP) is 14.9. The third kappa shape index (κ3) is 41.3. The molecule has 1 heterocycles. The van der Waals surface area contributed by atoms with Crippen molar-refractivity contribution in [2.75, 3.05) is 13.2 Å². The van der Waals surface area contributed by atoms with Crippen LogP contribution in [0.5, 0.6) is 0 Å². The maximum absolute atomic E-state index is 13.4. The van der Waals surface area contributed by atoms with Crippen LogP contribution >= 0.6 is 0 Å². The number of nitrogens with one attached hydrogen (secondary N) is 1. The zero-order chi connectivity index (χ0) is 56.8. The van der Waals surface area contributed by atoms with Crippen molar-refractivity contribution in [2.45, 2.75) is 288 Å². The molecule has 1 aliphatic rings. The lowest BCUT2D eigenvalue weighted by atomic mass is 9.99. The minimum absolute atomic E-state index is 0.0909. The molecule has 1 fully saturated rings. The SMILES string of the molecule is CC/C=C\C/C=C\C/C=C\C/C=C\C/C=C\CCCCCCCCC(O)C(=O)NC(COC1OC(CO)C(O)C(O)C1OC(=O)CCCCCC/C=C/C/C=C/C/C=C/CC)C(O)/C=C/CCCCCCCCCCCCC. The maximum atomic E-state index is 13.4. The number of unbranched alkanes of at least 4 members (excludes halogenated alkanes) is 21. The zero-order valence-electron chi connectivity index (χ0n) is 49.2. The van der Waals surface area contributed by atoms with E-state index >= 15 is 0 Å². The molecule has 0 aromatic carbocycles. The molecule has 0 bridgehead atoms. The number of carbonyl (C=O) groups is 2. The molecule has 0 spiro atoms. The van der Waals surface area contributed by atoms with Crippen LogP contribution in [0.3, 0.4) is 0 Å². The average molecular weight is 1090 g/mol. The molecule has 6 N–H and O–H groups in total. The summed E-state index contributed by atoms with van der Waals surface area (Å²) in [4.78, 5) is 26.5. The molecule has 0 aromatic heterocycles. The molecule has 0 aromatic rings. The van der Waals surface area contributed by atoms with Crippen molar-refractivity contribution < 1.29 is 49.3 Å². The van der Waals surface area contributed by atoms with E-state index in [-0.39, 0.29) is 19.4 Å². The molecule has 446 valence electrons. The number of hydrogen-bond acceptors (Lipinski definition) is 10. The van der Waals surface area contributed by atoms with Gasteiger partial charge in [0, 0.05) is 6.42 Å². The summed E-state index contributed by atoms with van der Waals surface area (Å²) in [6, 6.07) is -1.04. The van der Waals surface area contributed by atoms with E-state index in [4.69, 9.17) is 14.2 Å². The number of allylic oxidation sites excluding steroid dienone is 17. The summed E-state index contributed by atoms with van der Waals surface area (Å²) in [5.41, 5.74) is 0. The Bertz CT molecular complexity index is 1680. The third-order valence-corrected chi connectivity index (χ3v) is 13.9. The number of rotatable bonds is 51. The molecule has 8 unspecified atom stereocenters. The van der Waals surface area contributed by atoms with Gasteiger partial charge in [-0.25, -0.2) is 0 Å². The Labute approximate surface area is 475 Å². The monoisotopic (exact) mass is 1090 g/mol. The van der Waals surface area contributed by atoms with E-state index in [1.807, 2.05) is 6.08 Å². The highest BCUT2D eigenvalue weighted by molar-refractivity contribution is 5.80. The number of ether oxygens (including phenoxy) is 3. The Balaban J connectivity index is 2.70. The van der Waals surface area contributed by atoms with Gasteiger partial charge in [0.15, 0.2) is 12.4 Å². The largest absolute Gasteiger partial charge is 0.454 e. The van der Waals surface area contributed by atoms with Gasteiger partial charge >= 0.3 is 5.97 Å². The second kappa shape index (κ2) is 53.9. The lowest BCUT2D eigenvalue weighted by molar-refractivity contribution is -0.305. The first-order valence-corrected chi connectivity index (χ1v) is 31.2. The summed E-state index contributed by atoms with van der Waals surface area (Å²) in [7, 11) is 0. The number of hydrogen-bond donors (Lipinski definition) is 6. The number of amides is 1. The van der Waals surface area contributed by atoms with Crippen LogP contribution < -0.4 is 5.32 Å². The second-order valence-corrected chi connectivity index (χ2v) is 21.0. The molecule has 11 heteroatoms. The Morgan fingerprint density at radius 2 is 0.923 bits per heavy atom. The first-order chi connectivity index (χ1) is 38.2. The summed E-state index contributed by atoms with van der Waals surface area (Å²) < 4.78 is 17.6. The average Bonchev–Trinajstić information content (AvgIpc) is 3.45. The smallest absolute Gasteiger partial charge is 0.306 e. The second-order valence-electron chi connectivity index (χ2n) is 21.0. The van der Waals surface area contributed by atoms with Gasteiger partial charge in [-0.2, -0.15) is 0 Å². The summed E-state index contributed by atoms with van der Waals surface area (Å²) in [5.74, 6) is -1.24. The van der Waals surface area contributed by atoms with Crippen LogP contribution in [0.2, 0.25) is 0 Å². The van der Waals surface area contributed by atoms with Crippen LogP contribution in [0.1, 0.15) is 239 Å². The quantitative estimate of drug-likeness (QED) is 0.0195. The summed E-state index contributed by atoms with van der Waals surface area (Å²) in [6.45, 7) is 5.53. The minimum atomic E-state index is -1.63. The highest BCUT2D eigenvalue weighted by atomic mass is 16.7. The molecular weight excluding hydrogens is 979 g/mol. The Kier molecular flexibility index (Phi) is 50.0. The third-order valence-electron chi connectivity index (χ3n) is 13.9. The maximum Gasteiger partial charge on any atom is 0.306 e. The highest BCUT2D eigenvalue weighted by Gasteiger charge is 2.47. The van der Waals surface area contributed by atoms with E-state index in [1.165, 1.54) is 57.8 Å². The molecule has 0 aliphatic carbocycles. The van der Waals surface area contributed by atoms with Crippen LogP contribution in [0.15, 0.2) is 109 Å². The van der Waals surface area contributed by atoms with Crippen molar-refractivity contribution in [1.29, 1.82) is 0 Å². The van der Waals surface area contributed by atoms with E-state index < -0.39 is 67.4 Å². The fourth-order valence-corrected chi connectivity index (χ4v) is 9.04. The van der Waals surface area contributed by atoms with Gasteiger partial charge in [0.1, 0.15) is 24.4 Å². The minimum Gasteiger partial charge on any atom is -0.454 e. The first kappa shape index (κ1) is 72.3. The van der Waals surface area contributed by atoms with E-state index in [9.17, 15) is 35.1 Å². The van der Waals surface area contributed by atoms with Crippen LogP contribution in [0.4, 0.5) is 0 Å². The van der Waals surface area contributed by atoms with Crippen molar-refractivity contribution in [3.05, 3.63) is 109 Å². The van der Waals surface area contributed by atoms with Gasteiger partial charge in [-0.1, -0.05) is 239 Å². The molecule has 8 atom stereocenters. The van der Waals surface area contributed by atoms with Crippen molar-refractivity contribution in [2.24, 2.45) is 0 Å². The molecule has 1 aliphatic heterocycles. The van der Waals surface area contributed by atoms with Gasteiger partial charge in [0.25, 0.3) is 0 Å². The lowest BCUT2D eigenvalue weighted by Crippen LogP contribution is -2.61. The fraction of sp³-hybridized carbons (Fsp3) is 0.701. The summed E-state index contributed by atoms with van der Waals surface area (Å²) >= 11 is 0. The lowest BCUT2D eigenvalue weighted by Gasteiger charge is -2.41. The van der Waals surface area contributed by atoms with Crippen molar-refractivity contribution >= 4 is 11.9 Å². The zero-order valence-corrected chi connectivity index (χ0v) is 49.2. The van der Waals surface area contributed by atoms with Crippen molar-refractivity contribution in [1.82, 2.24) is 5.32 Å². The van der Waals surface area contributed by atoms with E-state index in [1.54, 1.807) is 6.08 Å². The van der Waals surface area contributed by atoms with E-state index in [2.05, 4.69) is 123 Å². The van der Waals surface area contributed by atoms with Gasteiger partial charge in [0.05, 0.1) is 25.4 Å². The highest BCUT2D eigenvalue weighted by Crippen LogP contribution is 2.26. The van der Waals surface area contributed by atoms with Gasteiger partial charge in [-0.15, -0.1) is 0 Å². The first-order valence-electron chi connectivity index (χ1n) is 31.2. The van der Waals surface area contributed by atoms with E-state index in [0.29, 0.717) is 12.8 Å². The van der Waals surface area contributed by atoms with Gasteiger partial charge < -0.3 is 45.1 Å². The van der Waals surface area contributed by atoms with Crippen LogP contribution in [-0.2, 0) is 23.8 Å². The van der Waals surface area contributed by atoms with Crippen molar-refractivity contribution in [3.63, 3.8) is 0 Å². The van der Waals surface area contributed by atoms with Crippen LogP contribution in [0.25, 0.3) is 0 Å². The number of carbonyl (C=O) groups excluding carboxylic acids is 2. The molecule has 1 amide bonds. The van der Waals surface area contributed by atoms with Crippen molar-refractivity contribution in [3.8, 4) is 0 Å². The number of aliphatic hydroxyl groups excluding tert-OH is 5. The van der Waals surface area contributed by atoms with Crippen LogP contribution in [-0.4, -0.2) is 99.6 Å². The Morgan fingerprint density at radius 3 is 1.38 bits per heavy atom. The van der Waals surface area contributed by atoms with Gasteiger partial charge in [0.2, 0.25) is 5.91 Å². The van der Waals surface area contributed by atoms with Crippen LogP contribution in [0, 0.1) is 0 Å². The normalized spacial score (nSPS) is 19.7. The summed E-state index contributed by atoms with van der Waals surface area (Å²) in [5, 5.41) is 57.0. The van der Waals surface area contributed by atoms with Gasteiger partial charge in [-0.05, 0) is 103 Å². The molecule has 1 saturated heterocycles. The number of esters is 1. The standard InChI is InChI=1S/C67H113NO10/c1-4-7-10-13-16-19-22-25-27-28-29-30-31-32-33-34-36-39-42-45-48-51-54-60(71)66(75)68-58(59(70)53-50-47-44-41-38-35-24-21-18-15-12-9-6-3)57-76-67-65(64(74)63(73)61(56-69)77-67)78-62(72)55-52-49-46-43-40-37-26-23-20-17-14-11-8-5-2/h7-8,10-11,16-17,19-20,25-27,29-30,32-33,37,50,53,58-61,63-65,67,69-71,73-74H,4-6,9,12-15,18,21-24,28,31,34-36,38-49,51-52,54-57H2,1-3H3,(H,68,75)/b10-7-,11-8+,19-16-,20-17+,27-25-,30-29-,33-32-,37-26+,53-50+. The van der Waals surface area contributed by atoms with E-state index in [0.717, 1.165) is 135 Å². The summed E-state index contributed by atoms with van der Waals surface area (Å²) in [6.07, 6.45) is 62.6. The fourth-order valence-electron chi connectivity index (χ4n) is 9.04. The Morgan fingerprint density at radius 1 is 0.513 bits per heavy atom. The topological polar surface area (TPSA) is 175 Å². The van der Waals surface area contributed by atoms with Gasteiger partial charge in [-0.3, -0.25) is 9.59 Å². The number of aliphatic hydroxyl groups is 5.